The van der Waals surface area contributed by atoms with Gasteiger partial charge < -0.3 is 10.3 Å². The Morgan fingerprint density at radius 3 is 2.80 bits per heavy atom. The van der Waals surface area contributed by atoms with Crippen LogP contribution in [-0.2, 0) is 6.54 Å². The molecule has 1 heterocycles. The summed E-state index contributed by atoms with van der Waals surface area (Å²) in [6.45, 7) is 1.01. The van der Waals surface area contributed by atoms with Gasteiger partial charge in [-0.05, 0) is 43.0 Å². The molecule has 0 aliphatic heterocycles. The molecule has 0 atom stereocenters. The molecule has 1 aromatic heterocycles. The second-order valence-electron chi connectivity index (χ2n) is 5.55. The molecule has 99 valence electrons. The molecule has 3 heteroatoms. The molecule has 1 fully saturated rings. The van der Waals surface area contributed by atoms with Crippen LogP contribution in [0.15, 0.2) is 36.4 Å². The molecule has 3 nitrogen and oxygen atoms in total. The minimum Gasteiger partial charge on any atom is -0.366 e. The molecule has 0 spiro atoms. The molecule has 0 unspecified atom stereocenters. The Kier molecular flexibility index (Phi) is 2.36. The van der Waals surface area contributed by atoms with Crippen LogP contribution in [0, 0.1) is 12.0 Å². The van der Waals surface area contributed by atoms with Crippen LogP contribution in [0.25, 0.3) is 21.8 Å². The summed E-state index contributed by atoms with van der Waals surface area (Å²) in [7, 11) is 0. The predicted molar refractivity (Wildman–Crippen MR) is 79.5 cm³/mol. The highest BCUT2D eigenvalue weighted by Crippen LogP contribution is 2.36. The van der Waals surface area contributed by atoms with E-state index in [9.17, 15) is 4.79 Å². The molecule has 1 aliphatic carbocycles. The van der Waals surface area contributed by atoms with E-state index in [0.717, 1.165) is 34.3 Å². The van der Waals surface area contributed by atoms with Crippen LogP contribution in [-0.4, -0.2) is 10.5 Å². The Hall–Kier alpha value is -2.29. The minimum atomic E-state index is -0.377. The minimum absolute atomic E-state index is 0.377. The molecule has 4 rings (SSSR count). The lowest BCUT2D eigenvalue weighted by atomic mass is 10.1. The number of rotatable bonds is 3. The van der Waals surface area contributed by atoms with Gasteiger partial charge >= 0.3 is 0 Å². The first kappa shape index (κ1) is 11.5. The molecule has 2 N–H and O–H groups in total. The summed E-state index contributed by atoms with van der Waals surface area (Å²) in [6.07, 6.45) is 2.60. The Labute approximate surface area is 117 Å². The Morgan fingerprint density at radius 2 is 2.05 bits per heavy atom. The molecular formula is C17H15N2O. The van der Waals surface area contributed by atoms with Crippen molar-refractivity contribution in [2.45, 2.75) is 19.4 Å². The average Bonchev–Trinajstić information content (AvgIpc) is 3.22. The van der Waals surface area contributed by atoms with Gasteiger partial charge in [-0.15, -0.1) is 0 Å². The van der Waals surface area contributed by atoms with Gasteiger partial charge in [0.25, 0.3) is 0 Å². The summed E-state index contributed by atoms with van der Waals surface area (Å²) >= 11 is 0. The number of primary amides is 1. The zero-order chi connectivity index (χ0) is 13.7. The highest BCUT2D eigenvalue weighted by Gasteiger charge is 2.24. The number of amides is 1. The fourth-order valence-electron chi connectivity index (χ4n) is 2.97. The van der Waals surface area contributed by atoms with Gasteiger partial charge in [0.05, 0.1) is 0 Å². The predicted octanol–water partition coefficient (Wildman–Crippen LogP) is 3.10. The zero-order valence-corrected chi connectivity index (χ0v) is 11.1. The van der Waals surface area contributed by atoms with E-state index in [-0.39, 0.29) is 5.91 Å². The van der Waals surface area contributed by atoms with E-state index >= 15 is 0 Å². The van der Waals surface area contributed by atoms with Gasteiger partial charge in [-0.3, -0.25) is 4.79 Å². The van der Waals surface area contributed by atoms with Gasteiger partial charge in [-0.1, -0.05) is 18.2 Å². The lowest BCUT2D eigenvalue weighted by Crippen LogP contribution is -2.11. The number of hydrogen-bond acceptors (Lipinski definition) is 1. The summed E-state index contributed by atoms with van der Waals surface area (Å²) in [5.41, 5.74) is 8.35. The molecular weight excluding hydrogens is 248 g/mol. The van der Waals surface area contributed by atoms with Crippen molar-refractivity contribution in [1.82, 2.24) is 4.57 Å². The number of nitrogens with two attached hydrogens (primary N) is 1. The topological polar surface area (TPSA) is 48.0 Å². The van der Waals surface area contributed by atoms with E-state index in [1.165, 1.54) is 12.8 Å². The van der Waals surface area contributed by atoms with Crippen molar-refractivity contribution in [1.29, 1.82) is 0 Å². The third kappa shape index (κ3) is 1.63. The molecule has 0 saturated heterocycles. The third-order valence-corrected chi connectivity index (χ3v) is 4.11. The number of carbonyl (C=O) groups is 1. The van der Waals surface area contributed by atoms with Gasteiger partial charge in [0.2, 0.25) is 5.91 Å². The monoisotopic (exact) mass is 263 g/mol. The number of carbonyl (C=O) groups excluding carboxylic acids is 1. The smallest absolute Gasteiger partial charge is 0.249 e. The molecule has 1 amide bonds. The quantitative estimate of drug-likeness (QED) is 0.775. The highest BCUT2D eigenvalue weighted by atomic mass is 16.1. The third-order valence-electron chi connectivity index (χ3n) is 4.11. The molecule has 3 aromatic rings. The molecule has 1 saturated carbocycles. The summed E-state index contributed by atoms with van der Waals surface area (Å²) in [4.78, 5) is 11.7. The highest BCUT2D eigenvalue weighted by molar-refractivity contribution is 6.17. The Morgan fingerprint density at radius 1 is 1.25 bits per heavy atom. The van der Waals surface area contributed by atoms with Crippen LogP contribution in [0.3, 0.4) is 0 Å². The van der Waals surface area contributed by atoms with E-state index in [1.807, 2.05) is 18.2 Å². The Bertz CT molecular complexity index is 827. The van der Waals surface area contributed by atoms with Crippen molar-refractivity contribution in [2.24, 2.45) is 11.7 Å². The summed E-state index contributed by atoms with van der Waals surface area (Å²) in [5, 5.41) is 1.94. The van der Waals surface area contributed by atoms with Gasteiger partial charge in [0, 0.05) is 33.9 Å². The van der Waals surface area contributed by atoms with Crippen molar-refractivity contribution in [2.75, 3.05) is 0 Å². The van der Waals surface area contributed by atoms with Crippen molar-refractivity contribution < 1.29 is 4.79 Å². The van der Waals surface area contributed by atoms with Crippen LogP contribution in [0.4, 0.5) is 0 Å². The zero-order valence-electron chi connectivity index (χ0n) is 11.1. The van der Waals surface area contributed by atoms with Crippen LogP contribution in [0.2, 0.25) is 0 Å². The fraction of sp³-hybridized carbons (Fsp3) is 0.235. The first-order chi connectivity index (χ1) is 9.75. The Balaban J connectivity index is 2.13. The van der Waals surface area contributed by atoms with Crippen molar-refractivity contribution in [3.8, 4) is 0 Å². The van der Waals surface area contributed by atoms with Crippen LogP contribution < -0.4 is 5.73 Å². The molecule has 20 heavy (non-hydrogen) atoms. The normalized spacial score (nSPS) is 15.0. The maximum atomic E-state index is 11.7. The standard InChI is InChI=1S/C17H15N2O/c18-17(20)13-5-3-7-15-16(13)12-4-1-2-6-14(12)19(15)10-11-8-9-11/h1-3,5-7,11H,8-10H2,(H2,18,20). The van der Waals surface area contributed by atoms with E-state index in [1.54, 1.807) is 6.07 Å². The lowest BCUT2D eigenvalue weighted by Gasteiger charge is -2.06. The maximum Gasteiger partial charge on any atom is 0.249 e. The van der Waals surface area contributed by atoms with Crippen LogP contribution in [0.1, 0.15) is 23.2 Å². The van der Waals surface area contributed by atoms with Gasteiger partial charge in [-0.2, -0.15) is 0 Å². The van der Waals surface area contributed by atoms with Crippen LogP contribution >= 0.6 is 0 Å². The molecule has 2 aromatic carbocycles. The second kappa shape index (κ2) is 4.10. The van der Waals surface area contributed by atoms with Crippen molar-refractivity contribution >= 4 is 27.7 Å². The first-order valence-corrected chi connectivity index (χ1v) is 6.97. The van der Waals surface area contributed by atoms with Crippen molar-refractivity contribution in [3.05, 3.63) is 48.0 Å². The fourth-order valence-corrected chi connectivity index (χ4v) is 2.97. The van der Waals surface area contributed by atoms with E-state index in [0.29, 0.717) is 5.56 Å². The number of aromatic nitrogens is 1. The number of fused-ring (bicyclic) bond motifs is 3. The lowest BCUT2D eigenvalue weighted by molar-refractivity contribution is 0.100. The molecule has 1 aliphatic rings. The average molecular weight is 263 g/mol. The van der Waals surface area contributed by atoms with Gasteiger partial charge in [0.1, 0.15) is 0 Å². The number of nitrogens with zero attached hydrogens (tertiary/aromatic N) is 1. The molecule has 1 radical (unpaired) electrons. The number of hydrogen-bond donors (Lipinski definition) is 1. The summed E-state index contributed by atoms with van der Waals surface area (Å²) in [5.74, 6) is 0.393. The van der Waals surface area contributed by atoms with E-state index < -0.39 is 0 Å². The van der Waals surface area contributed by atoms with E-state index in [2.05, 4.69) is 22.8 Å². The second-order valence-corrected chi connectivity index (χ2v) is 5.55. The molecule has 0 bridgehead atoms. The SMILES string of the molecule is NC(=O)c1cccc2c1c1[c]cccc1n2CC1CC1. The maximum absolute atomic E-state index is 11.7. The summed E-state index contributed by atoms with van der Waals surface area (Å²) < 4.78 is 2.31. The number of benzene rings is 2. The van der Waals surface area contributed by atoms with Crippen LogP contribution in [0.5, 0.6) is 0 Å². The van der Waals surface area contributed by atoms with Gasteiger partial charge in [-0.25, -0.2) is 0 Å². The van der Waals surface area contributed by atoms with E-state index in [4.69, 9.17) is 5.73 Å². The first-order valence-electron chi connectivity index (χ1n) is 6.97. The summed E-state index contributed by atoms with van der Waals surface area (Å²) in [6, 6.07) is 15.0. The van der Waals surface area contributed by atoms with Gasteiger partial charge in [0.15, 0.2) is 0 Å². The largest absolute Gasteiger partial charge is 0.366 e. The van der Waals surface area contributed by atoms with Crippen molar-refractivity contribution in [3.63, 3.8) is 0 Å².